The van der Waals surface area contributed by atoms with Gasteiger partial charge in [0.25, 0.3) is 0 Å². The fraction of sp³-hybridized carbons (Fsp3) is 0.333. The van der Waals surface area contributed by atoms with Crippen molar-refractivity contribution in [2.75, 3.05) is 6.61 Å². The number of alkyl halides is 3. The molecule has 0 saturated carbocycles. The van der Waals surface area contributed by atoms with Crippen LogP contribution >= 0.6 is 22.6 Å². The highest BCUT2D eigenvalue weighted by Gasteiger charge is 2.42. The maximum atomic E-state index is 13.1. The maximum absolute atomic E-state index is 13.1. The summed E-state index contributed by atoms with van der Waals surface area (Å²) in [6.07, 6.45) is -6.54. The number of hydrogen-bond acceptors (Lipinski definition) is 4. The van der Waals surface area contributed by atoms with Crippen LogP contribution in [0.25, 0.3) is 0 Å². The average Bonchev–Trinajstić information content (AvgIpc) is 3.06. The van der Waals surface area contributed by atoms with Gasteiger partial charge in [-0.25, -0.2) is 9.69 Å². The van der Waals surface area contributed by atoms with Crippen LogP contribution in [0.4, 0.5) is 18.0 Å². The van der Waals surface area contributed by atoms with Gasteiger partial charge in [-0.2, -0.15) is 13.2 Å². The van der Waals surface area contributed by atoms with Gasteiger partial charge in [0.2, 0.25) is 5.91 Å². The zero-order chi connectivity index (χ0) is 22.1. The number of amides is 2. The van der Waals surface area contributed by atoms with Gasteiger partial charge in [-0.15, -0.1) is 0 Å². The first-order valence-corrected chi connectivity index (χ1v) is 10.3. The number of aliphatic hydroxyl groups excluding tert-OH is 1. The molecule has 0 radical (unpaired) electrons. The van der Waals surface area contributed by atoms with Crippen LogP contribution in [-0.2, 0) is 22.1 Å². The maximum Gasteiger partial charge on any atom is 0.416 e. The first kappa shape index (κ1) is 22.5. The molecule has 0 bridgehead atoms. The Hall–Kier alpha value is -2.14. The lowest BCUT2D eigenvalue weighted by Crippen LogP contribution is -2.44. The Morgan fingerprint density at radius 1 is 1.27 bits per heavy atom. The average molecular weight is 533 g/mol. The molecule has 2 amide bonds. The van der Waals surface area contributed by atoms with Crippen molar-refractivity contribution < 1.29 is 32.6 Å². The number of ether oxygens (including phenoxy) is 1. The van der Waals surface area contributed by atoms with Crippen molar-refractivity contribution in [2.45, 2.75) is 31.7 Å². The molecule has 160 valence electrons. The molecule has 0 aliphatic carbocycles. The van der Waals surface area contributed by atoms with E-state index < -0.39 is 41.8 Å². The van der Waals surface area contributed by atoms with Gasteiger partial charge in [0.05, 0.1) is 23.6 Å². The minimum absolute atomic E-state index is 0.0153. The van der Waals surface area contributed by atoms with E-state index in [2.05, 4.69) is 0 Å². The first-order chi connectivity index (χ1) is 14.1. The predicted molar refractivity (Wildman–Crippen MR) is 110 cm³/mol. The van der Waals surface area contributed by atoms with Crippen molar-refractivity contribution in [2.24, 2.45) is 5.92 Å². The molecule has 2 unspecified atom stereocenters. The molecule has 2 aromatic carbocycles. The van der Waals surface area contributed by atoms with Crippen LogP contribution < -0.4 is 0 Å². The Morgan fingerprint density at radius 2 is 1.93 bits per heavy atom. The number of benzene rings is 2. The number of halogens is 4. The van der Waals surface area contributed by atoms with E-state index in [-0.39, 0.29) is 12.2 Å². The second-order valence-electron chi connectivity index (χ2n) is 7.10. The van der Waals surface area contributed by atoms with Gasteiger partial charge in [-0.3, -0.25) is 4.79 Å². The van der Waals surface area contributed by atoms with Gasteiger partial charge >= 0.3 is 12.3 Å². The summed E-state index contributed by atoms with van der Waals surface area (Å²) in [7, 11) is 0. The third-order valence-corrected chi connectivity index (χ3v) is 6.00. The first-order valence-electron chi connectivity index (χ1n) is 9.18. The van der Waals surface area contributed by atoms with Crippen LogP contribution in [-0.4, -0.2) is 34.7 Å². The summed E-state index contributed by atoms with van der Waals surface area (Å²) in [5.41, 5.74) is -0.0307. The number of aliphatic hydroxyl groups is 1. The molecule has 1 aliphatic rings. The van der Waals surface area contributed by atoms with Crippen LogP contribution in [0.15, 0.2) is 48.5 Å². The van der Waals surface area contributed by atoms with Crippen molar-refractivity contribution in [3.63, 3.8) is 0 Å². The third-order valence-electron chi connectivity index (χ3n) is 5.02. The molecule has 3 atom stereocenters. The van der Waals surface area contributed by atoms with Crippen LogP contribution in [0, 0.1) is 9.49 Å². The van der Waals surface area contributed by atoms with Gasteiger partial charge < -0.3 is 9.84 Å². The molecule has 1 aliphatic heterocycles. The topological polar surface area (TPSA) is 66.8 Å². The standard InChI is InChI=1S/C21H19F3INO4/c1-12(18(27)16-10-14(21(22,23)24)7-8-17(16)25)19(28)26-15(11-30-20(26)29)9-13-5-3-2-4-6-13/h2-8,10,12,15,18,27H,9,11H2,1H3/t12?,15-,18?/m0/s1. The second-order valence-corrected chi connectivity index (χ2v) is 8.26. The second kappa shape index (κ2) is 8.93. The van der Waals surface area contributed by atoms with Crippen molar-refractivity contribution in [1.82, 2.24) is 4.90 Å². The molecule has 1 fully saturated rings. The van der Waals surface area contributed by atoms with Crippen molar-refractivity contribution >= 4 is 34.6 Å². The van der Waals surface area contributed by atoms with Crippen LogP contribution in [0.2, 0.25) is 0 Å². The highest BCUT2D eigenvalue weighted by Crippen LogP contribution is 2.35. The molecule has 1 heterocycles. The van der Waals surface area contributed by atoms with Gasteiger partial charge in [-0.1, -0.05) is 37.3 Å². The number of hydrogen-bond donors (Lipinski definition) is 1. The zero-order valence-corrected chi connectivity index (χ0v) is 18.1. The number of rotatable bonds is 5. The van der Waals surface area contributed by atoms with Gasteiger partial charge in [0, 0.05) is 3.57 Å². The molecule has 1 N–H and O–H groups in total. The summed E-state index contributed by atoms with van der Waals surface area (Å²) >= 11 is 1.80. The molecule has 2 aromatic rings. The number of nitrogens with zero attached hydrogens (tertiary/aromatic N) is 1. The van der Waals surface area contributed by atoms with Crippen molar-refractivity contribution in [1.29, 1.82) is 0 Å². The van der Waals surface area contributed by atoms with E-state index in [4.69, 9.17) is 4.74 Å². The van der Waals surface area contributed by atoms with E-state index in [0.717, 1.165) is 22.6 Å². The summed E-state index contributed by atoms with van der Waals surface area (Å²) < 4.78 is 44.6. The molecule has 1 saturated heterocycles. The minimum atomic E-state index is -4.58. The Balaban J connectivity index is 1.82. The molecule has 5 nitrogen and oxygen atoms in total. The summed E-state index contributed by atoms with van der Waals surface area (Å²) in [6.45, 7) is 1.40. The largest absolute Gasteiger partial charge is 0.447 e. The smallest absolute Gasteiger partial charge is 0.416 e. The molecule has 0 aromatic heterocycles. The van der Waals surface area contributed by atoms with E-state index in [1.807, 2.05) is 30.3 Å². The number of cyclic esters (lactones) is 1. The number of carbonyl (C=O) groups is 2. The van der Waals surface area contributed by atoms with Crippen molar-refractivity contribution in [3.8, 4) is 0 Å². The minimum Gasteiger partial charge on any atom is -0.447 e. The lowest BCUT2D eigenvalue weighted by molar-refractivity contribution is -0.137. The fourth-order valence-electron chi connectivity index (χ4n) is 3.34. The lowest BCUT2D eigenvalue weighted by Gasteiger charge is -2.26. The highest BCUT2D eigenvalue weighted by atomic mass is 127. The molecule has 9 heteroatoms. The Morgan fingerprint density at radius 3 is 2.57 bits per heavy atom. The van der Waals surface area contributed by atoms with E-state index in [1.54, 1.807) is 22.6 Å². The summed E-state index contributed by atoms with van der Waals surface area (Å²) in [5.74, 6) is -1.84. The van der Waals surface area contributed by atoms with Gasteiger partial charge in [0.15, 0.2) is 0 Å². The van der Waals surface area contributed by atoms with Gasteiger partial charge in [-0.05, 0) is 58.3 Å². The van der Waals surface area contributed by atoms with Crippen molar-refractivity contribution in [3.05, 3.63) is 68.8 Å². The van der Waals surface area contributed by atoms with E-state index in [0.29, 0.717) is 9.99 Å². The van der Waals surface area contributed by atoms with E-state index in [9.17, 15) is 27.9 Å². The number of imide groups is 1. The quantitative estimate of drug-likeness (QED) is 0.573. The van der Waals surface area contributed by atoms with E-state index >= 15 is 0 Å². The Bertz CT molecular complexity index is 936. The van der Waals surface area contributed by atoms with Gasteiger partial charge in [0.1, 0.15) is 6.61 Å². The van der Waals surface area contributed by atoms with Crippen LogP contribution in [0.3, 0.4) is 0 Å². The molecule has 3 rings (SSSR count). The van der Waals surface area contributed by atoms with E-state index in [1.165, 1.54) is 13.0 Å². The fourth-order valence-corrected chi connectivity index (χ4v) is 3.99. The monoisotopic (exact) mass is 533 g/mol. The predicted octanol–water partition coefficient (Wildman–Crippen LogP) is 4.57. The Kier molecular flexibility index (Phi) is 6.71. The summed E-state index contributed by atoms with van der Waals surface area (Å²) in [5, 5.41) is 10.7. The SMILES string of the molecule is CC(C(=O)N1C(=O)OC[C@@H]1Cc1ccccc1)C(O)c1cc(C(F)(F)F)ccc1I. The summed E-state index contributed by atoms with van der Waals surface area (Å²) in [6, 6.07) is 11.7. The molecular formula is C21H19F3INO4. The zero-order valence-electron chi connectivity index (χ0n) is 15.9. The Labute approximate surface area is 185 Å². The lowest BCUT2D eigenvalue weighted by atomic mass is 9.94. The molecular weight excluding hydrogens is 514 g/mol. The molecule has 30 heavy (non-hydrogen) atoms. The molecule has 0 spiro atoms. The number of carbonyl (C=O) groups excluding carboxylic acids is 2. The van der Waals surface area contributed by atoms with Crippen LogP contribution in [0.5, 0.6) is 0 Å². The summed E-state index contributed by atoms with van der Waals surface area (Å²) in [4.78, 5) is 26.1. The van der Waals surface area contributed by atoms with Crippen LogP contribution in [0.1, 0.15) is 29.7 Å². The highest BCUT2D eigenvalue weighted by molar-refractivity contribution is 14.1. The normalized spacial score (nSPS) is 18.8. The third kappa shape index (κ3) is 4.77.